The summed E-state index contributed by atoms with van der Waals surface area (Å²) in [4.78, 5) is 24.4. The zero-order valence-electron chi connectivity index (χ0n) is 25.4. The fourth-order valence-electron chi connectivity index (χ4n) is 6.44. The first-order valence-electron chi connectivity index (χ1n) is 15.1. The number of likely N-dealkylation sites (tertiary alicyclic amines) is 1. The Morgan fingerprint density at radius 2 is 1.76 bits per heavy atom. The largest absolute Gasteiger partial charge is 0.477 e. The Labute approximate surface area is 248 Å². The first kappa shape index (κ1) is 28.5. The molecular formula is C34H42N4O4. The van der Waals surface area contributed by atoms with Crippen LogP contribution in [0, 0.1) is 0 Å². The summed E-state index contributed by atoms with van der Waals surface area (Å²) in [5.74, 6) is 1.54. The highest BCUT2D eigenvalue weighted by Crippen LogP contribution is 2.43. The zero-order valence-corrected chi connectivity index (χ0v) is 25.4. The Bertz CT molecular complexity index is 1490. The molecule has 0 spiro atoms. The van der Waals surface area contributed by atoms with Gasteiger partial charge in [-0.3, -0.25) is 0 Å². The highest BCUT2D eigenvalue weighted by Gasteiger charge is 2.36. The number of amides is 1. The Kier molecular flexibility index (Phi) is 7.37. The van der Waals surface area contributed by atoms with E-state index in [2.05, 4.69) is 54.1 Å². The third-order valence-corrected chi connectivity index (χ3v) is 8.70. The van der Waals surface area contributed by atoms with Gasteiger partial charge in [0.05, 0.1) is 12.6 Å². The van der Waals surface area contributed by atoms with E-state index in [-0.39, 0.29) is 17.6 Å². The molecule has 8 nitrogen and oxygen atoms in total. The van der Waals surface area contributed by atoms with Gasteiger partial charge >= 0.3 is 6.09 Å². The number of carbonyl (C=O) groups excluding carboxylic acids is 1. The Morgan fingerprint density at radius 1 is 1.00 bits per heavy atom. The summed E-state index contributed by atoms with van der Waals surface area (Å²) in [5, 5.41) is 0. The molecule has 0 aliphatic carbocycles. The molecule has 2 fully saturated rings. The lowest BCUT2D eigenvalue weighted by atomic mass is 9.83. The average Bonchev–Trinajstić information content (AvgIpc) is 3.57. The summed E-state index contributed by atoms with van der Waals surface area (Å²) in [6.07, 6.45) is 7.20. The van der Waals surface area contributed by atoms with Crippen LogP contribution in [0.5, 0.6) is 5.88 Å². The minimum absolute atomic E-state index is 0.0398. The molecule has 0 saturated carbocycles. The van der Waals surface area contributed by atoms with E-state index in [4.69, 9.17) is 19.9 Å². The fourth-order valence-corrected chi connectivity index (χ4v) is 6.44. The second-order valence-electron chi connectivity index (χ2n) is 13.5. The van der Waals surface area contributed by atoms with Crippen LogP contribution < -0.4 is 10.5 Å². The third kappa shape index (κ3) is 5.56. The first-order valence-corrected chi connectivity index (χ1v) is 15.1. The van der Waals surface area contributed by atoms with Crippen LogP contribution in [0.3, 0.4) is 0 Å². The van der Waals surface area contributed by atoms with Crippen LogP contribution >= 0.6 is 0 Å². The maximum atomic E-state index is 13.3. The normalized spacial score (nSPS) is 20.3. The van der Waals surface area contributed by atoms with Gasteiger partial charge < -0.3 is 24.8 Å². The van der Waals surface area contributed by atoms with Crippen molar-refractivity contribution in [1.29, 1.82) is 0 Å². The van der Waals surface area contributed by atoms with E-state index in [1.165, 1.54) is 11.1 Å². The van der Waals surface area contributed by atoms with Crippen molar-refractivity contribution in [3.05, 3.63) is 59.4 Å². The molecule has 5 heterocycles. The zero-order chi connectivity index (χ0) is 29.6. The Morgan fingerprint density at radius 3 is 2.52 bits per heavy atom. The number of aromatic nitrogens is 2. The average molecular weight is 571 g/mol. The summed E-state index contributed by atoms with van der Waals surface area (Å²) < 4.78 is 17.3. The summed E-state index contributed by atoms with van der Waals surface area (Å²) in [5.41, 5.74) is 13.1. The lowest BCUT2D eigenvalue weighted by Gasteiger charge is -2.32. The van der Waals surface area contributed by atoms with Gasteiger partial charge in [-0.2, -0.15) is 0 Å². The van der Waals surface area contributed by atoms with Crippen LogP contribution in [0.2, 0.25) is 0 Å². The van der Waals surface area contributed by atoms with Crippen LogP contribution in [-0.4, -0.2) is 52.9 Å². The van der Waals surface area contributed by atoms with E-state index in [0.29, 0.717) is 30.8 Å². The molecule has 2 N–H and O–H groups in total. The summed E-state index contributed by atoms with van der Waals surface area (Å²) >= 11 is 0. The van der Waals surface area contributed by atoms with Crippen molar-refractivity contribution in [2.45, 2.75) is 83.3 Å². The number of hydrogen-bond donors (Lipinski definition) is 1. The van der Waals surface area contributed by atoms with Crippen molar-refractivity contribution >= 4 is 11.9 Å². The van der Waals surface area contributed by atoms with Crippen molar-refractivity contribution in [3.63, 3.8) is 0 Å². The Hall–Kier alpha value is -3.65. The highest BCUT2D eigenvalue weighted by atomic mass is 16.6. The number of benzene rings is 1. The van der Waals surface area contributed by atoms with Gasteiger partial charge in [0.25, 0.3) is 0 Å². The molecule has 3 aliphatic heterocycles. The second-order valence-corrected chi connectivity index (χ2v) is 13.5. The van der Waals surface area contributed by atoms with Gasteiger partial charge in [-0.05, 0) is 87.3 Å². The number of fused-ring (bicyclic) bond motifs is 1. The third-order valence-electron chi connectivity index (χ3n) is 8.70. The molecule has 1 atom stereocenters. The fraction of sp³-hybridized carbons (Fsp3) is 0.500. The molecule has 0 bridgehead atoms. The van der Waals surface area contributed by atoms with E-state index in [9.17, 15) is 4.79 Å². The number of nitrogens with zero attached hydrogens (tertiary/aromatic N) is 3. The molecule has 3 aliphatic rings. The minimum atomic E-state index is -0.546. The van der Waals surface area contributed by atoms with Gasteiger partial charge in [-0.15, -0.1) is 0 Å². The van der Waals surface area contributed by atoms with Crippen molar-refractivity contribution in [2.75, 3.05) is 32.1 Å². The SMILES string of the molecule is CC(C)(C)OC(=O)N1CCC[C@H]1c1cc(-c2cnc(N)c(-c3cnc4c(c3)C(C)(C)CO4)c2)ccc1C1CCOCC1. The Balaban J connectivity index is 1.40. The highest BCUT2D eigenvalue weighted by molar-refractivity contribution is 5.80. The van der Waals surface area contributed by atoms with Crippen LogP contribution in [-0.2, 0) is 14.9 Å². The molecule has 2 aromatic heterocycles. The van der Waals surface area contributed by atoms with E-state index in [1.807, 2.05) is 38.1 Å². The van der Waals surface area contributed by atoms with Crippen LogP contribution in [0.15, 0.2) is 42.7 Å². The first-order chi connectivity index (χ1) is 20.0. The van der Waals surface area contributed by atoms with Crippen LogP contribution in [0.1, 0.15) is 89.0 Å². The molecule has 0 radical (unpaired) electrons. The van der Waals surface area contributed by atoms with Gasteiger partial charge in [0.2, 0.25) is 5.88 Å². The number of anilines is 1. The summed E-state index contributed by atoms with van der Waals surface area (Å²) in [6.45, 7) is 12.9. The molecule has 0 unspecified atom stereocenters. The molecule has 1 amide bonds. The smallest absolute Gasteiger partial charge is 0.410 e. The van der Waals surface area contributed by atoms with E-state index in [0.717, 1.165) is 66.7 Å². The molecule has 6 rings (SSSR count). The quantitative estimate of drug-likeness (QED) is 0.359. The van der Waals surface area contributed by atoms with Gasteiger partial charge in [0.15, 0.2) is 0 Å². The van der Waals surface area contributed by atoms with Crippen molar-refractivity contribution in [3.8, 4) is 28.1 Å². The minimum Gasteiger partial charge on any atom is -0.477 e. The number of nitrogen functional groups attached to an aromatic ring is 1. The molecule has 8 heteroatoms. The molecular weight excluding hydrogens is 528 g/mol. The van der Waals surface area contributed by atoms with Crippen molar-refractivity contribution < 1.29 is 19.0 Å². The summed E-state index contributed by atoms with van der Waals surface area (Å²) in [6, 6.07) is 10.9. The van der Waals surface area contributed by atoms with Gasteiger partial charge in [0, 0.05) is 59.8 Å². The van der Waals surface area contributed by atoms with E-state index >= 15 is 0 Å². The second kappa shape index (κ2) is 10.9. The predicted molar refractivity (Wildman–Crippen MR) is 164 cm³/mol. The number of ether oxygens (including phenoxy) is 3. The number of hydrogen-bond acceptors (Lipinski definition) is 7. The van der Waals surface area contributed by atoms with E-state index < -0.39 is 5.60 Å². The number of rotatable bonds is 4. The lowest BCUT2D eigenvalue weighted by Crippen LogP contribution is -2.36. The van der Waals surface area contributed by atoms with Gasteiger partial charge in [0.1, 0.15) is 11.4 Å². The molecule has 222 valence electrons. The number of carbonyl (C=O) groups is 1. The standard InChI is InChI=1S/C34H42N4O4/c1-33(2,3)42-32(39)38-12-6-7-29(38)27-15-22(8-9-25(27)21-10-13-40-14-11-21)23-16-26(30(35)36-18-23)24-17-28-31(37-19-24)41-20-34(28,4)5/h8-9,15-19,21,29H,6-7,10-14,20H2,1-5H3,(H2,35,36)/t29-/m0/s1. The van der Waals surface area contributed by atoms with Gasteiger partial charge in [-0.1, -0.05) is 26.0 Å². The van der Waals surface area contributed by atoms with Crippen molar-refractivity contribution in [1.82, 2.24) is 14.9 Å². The van der Waals surface area contributed by atoms with Crippen LogP contribution in [0.4, 0.5) is 10.6 Å². The van der Waals surface area contributed by atoms with Crippen molar-refractivity contribution in [2.24, 2.45) is 0 Å². The van der Waals surface area contributed by atoms with Gasteiger partial charge in [-0.25, -0.2) is 14.8 Å². The molecule has 1 aromatic carbocycles. The monoisotopic (exact) mass is 570 g/mol. The van der Waals surface area contributed by atoms with E-state index in [1.54, 1.807) is 0 Å². The molecule has 2 saturated heterocycles. The topological polar surface area (TPSA) is 99.8 Å². The maximum Gasteiger partial charge on any atom is 0.410 e. The molecule has 3 aromatic rings. The molecule has 42 heavy (non-hydrogen) atoms. The predicted octanol–water partition coefficient (Wildman–Crippen LogP) is 7.03. The number of pyridine rings is 2. The number of nitrogens with two attached hydrogens (primary N) is 1. The lowest BCUT2D eigenvalue weighted by molar-refractivity contribution is 0.0222. The summed E-state index contributed by atoms with van der Waals surface area (Å²) in [7, 11) is 0. The maximum absolute atomic E-state index is 13.3. The van der Waals surface area contributed by atoms with Crippen LogP contribution in [0.25, 0.3) is 22.3 Å².